The number of rotatable bonds is 7. The molecule has 200 valence electrons. The van der Waals surface area contributed by atoms with Crippen LogP contribution in [0.1, 0.15) is 61.1 Å². The molecule has 1 aromatic carbocycles. The molecule has 37 heavy (non-hydrogen) atoms. The van der Waals surface area contributed by atoms with Gasteiger partial charge in [0.1, 0.15) is 5.75 Å². The summed E-state index contributed by atoms with van der Waals surface area (Å²) in [7, 11) is 0. The van der Waals surface area contributed by atoms with E-state index in [1.165, 1.54) is 11.1 Å². The maximum atomic E-state index is 12.9. The van der Waals surface area contributed by atoms with E-state index in [1.807, 2.05) is 0 Å². The normalized spacial score (nSPS) is 31.8. The average Bonchev–Trinajstić information content (AvgIpc) is 3.23. The largest absolute Gasteiger partial charge is 0.480 e. The summed E-state index contributed by atoms with van der Waals surface area (Å²) in [5.74, 6) is 0.419. The van der Waals surface area contributed by atoms with E-state index in [0.29, 0.717) is 41.5 Å². The molecule has 2 bridgehead atoms. The van der Waals surface area contributed by atoms with E-state index in [-0.39, 0.29) is 42.6 Å². The first-order valence-corrected chi connectivity index (χ1v) is 12.5. The van der Waals surface area contributed by atoms with Crippen LogP contribution in [-0.2, 0) is 4.79 Å². The monoisotopic (exact) mass is 542 g/mol. The number of aromatic nitrogens is 1. The molecule has 2 aromatic rings. The number of carbonyl (C=O) groups excluding carboxylic acids is 1. The average molecular weight is 543 g/mol. The standard InChI is InChI=1S/C24H26ClF3N4O5/c25-13-1-2-16-14(3-13)15(33)4-17(36-16)19(34)30-22-8-23(9-22,10-22)31-20(35)18-5-29-21(37-18)12-6-32(7-12)11-24(26,27)28/h1-3,5,12,15,17,20,31,33,35H,4,6-11H2,(H,30,34)/t15-,17-,20?,22?,23?/m1/s1. The predicted octanol–water partition coefficient (Wildman–Crippen LogP) is 2.55. The van der Waals surface area contributed by atoms with Gasteiger partial charge in [0.05, 0.1) is 24.8 Å². The van der Waals surface area contributed by atoms with Crippen molar-refractivity contribution in [2.45, 2.75) is 67.3 Å². The third kappa shape index (κ3) is 4.69. The Hall–Kier alpha value is -2.38. The molecule has 1 saturated heterocycles. The second-order valence-electron chi connectivity index (χ2n) is 10.8. The minimum atomic E-state index is -4.24. The highest BCUT2D eigenvalue weighted by atomic mass is 35.5. The lowest BCUT2D eigenvalue weighted by atomic mass is 9.44. The van der Waals surface area contributed by atoms with Crippen molar-refractivity contribution in [3.8, 4) is 5.75 Å². The summed E-state index contributed by atoms with van der Waals surface area (Å²) in [5.41, 5.74) is -0.180. The molecular formula is C24H26ClF3N4O5. The number of amides is 1. The molecule has 7 rings (SSSR count). The molecule has 0 radical (unpaired) electrons. The number of nitrogens with one attached hydrogen (secondary N) is 2. The molecule has 9 nitrogen and oxygen atoms in total. The minimum absolute atomic E-state index is 0.125. The summed E-state index contributed by atoms with van der Waals surface area (Å²) in [6.07, 6.45) is -3.69. The summed E-state index contributed by atoms with van der Waals surface area (Å²) in [6, 6.07) is 4.91. The number of halogens is 4. The number of benzene rings is 1. The van der Waals surface area contributed by atoms with Gasteiger partial charge in [0.25, 0.3) is 5.91 Å². The molecule has 3 saturated carbocycles. The molecule has 1 amide bonds. The van der Waals surface area contributed by atoms with Gasteiger partial charge in [-0.05, 0) is 37.5 Å². The molecule has 13 heteroatoms. The highest BCUT2D eigenvalue weighted by molar-refractivity contribution is 6.30. The Labute approximate surface area is 214 Å². The molecule has 4 N–H and O–H groups in total. The summed E-state index contributed by atoms with van der Waals surface area (Å²) < 4.78 is 48.8. The molecule has 0 spiro atoms. The quantitative estimate of drug-likeness (QED) is 0.394. The van der Waals surface area contributed by atoms with Gasteiger partial charge in [-0.15, -0.1) is 0 Å². The smallest absolute Gasteiger partial charge is 0.401 e. The van der Waals surface area contributed by atoms with Crippen molar-refractivity contribution < 1.29 is 37.3 Å². The number of alkyl halides is 3. The zero-order valence-electron chi connectivity index (χ0n) is 19.6. The molecule has 1 aromatic heterocycles. The molecule has 2 aliphatic heterocycles. The van der Waals surface area contributed by atoms with Crippen LogP contribution in [0.4, 0.5) is 13.2 Å². The Morgan fingerprint density at radius 2 is 2.00 bits per heavy atom. The van der Waals surface area contributed by atoms with Crippen molar-refractivity contribution in [1.29, 1.82) is 0 Å². The maximum Gasteiger partial charge on any atom is 0.401 e. The summed E-state index contributed by atoms with van der Waals surface area (Å²) >= 11 is 5.98. The molecule has 5 aliphatic rings. The Bertz CT molecular complexity index is 1200. The van der Waals surface area contributed by atoms with Crippen molar-refractivity contribution >= 4 is 17.5 Å². The highest BCUT2D eigenvalue weighted by Crippen LogP contribution is 2.61. The molecular weight excluding hydrogens is 517 g/mol. The Kier molecular flexibility index (Phi) is 5.77. The molecule has 3 aliphatic carbocycles. The van der Waals surface area contributed by atoms with Crippen LogP contribution in [0, 0.1) is 0 Å². The number of nitrogens with zero attached hydrogens (tertiary/aromatic N) is 2. The van der Waals surface area contributed by atoms with Crippen LogP contribution in [0.2, 0.25) is 5.02 Å². The van der Waals surface area contributed by atoms with Crippen LogP contribution in [0.5, 0.6) is 5.75 Å². The van der Waals surface area contributed by atoms with Gasteiger partial charge in [0.2, 0.25) is 0 Å². The van der Waals surface area contributed by atoms with Crippen molar-refractivity contribution in [2.24, 2.45) is 0 Å². The molecule has 4 fully saturated rings. The summed E-state index contributed by atoms with van der Waals surface area (Å²) in [6.45, 7) is -0.551. The number of hydrogen-bond acceptors (Lipinski definition) is 8. The first-order chi connectivity index (χ1) is 17.4. The zero-order chi connectivity index (χ0) is 26.2. The van der Waals surface area contributed by atoms with Crippen LogP contribution in [0.3, 0.4) is 0 Å². The third-order valence-electron chi connectivity index (χ3n) is 7.71. The van der Waals surface area contributed by atoms with Crippen LogP contribution >= 0.6 is 11.6 Å². The number of fused-ring (bicyclic) bond motifs is 1. The zero-order valence-corrected chi connectivity index (χ0v) is 20.3. The second kappa shape index (κ2) is 8.57. The lowest BCUT2D eigenvalue weighted by Gasteiger charge is -2.71. The third-order valence-corrected chi connectivity index (χ3v) is 7.95. The van der Waals surface area contributed by atoms with Crippen molar-refractivity contribution in [1.82, 2.24) is 20.5 Å². The first-order valence-electron chi connectivity index (χ1n) is 12.1. The molecule has 3 atom stereocenters. The highest BCUT2D eigenvalue weighted by Gasteiger charge is 2.69. The fraction of sp³-hybridized carbons (Fsp3) is 0.583. The SMILES string of the molecule is O=C(NC12CC(NC(O)c3cnc(C4CN(CC(F)(F)F)C4)o3)(C1)C2)[C@H]1C[C@@H](O)c2cc(Cl)ccc2O1. The molecule has 3 heterocycles. The lowest BCUT2D eigenvalue weighted by Crippen LogP contribution is -2.83. The van der Waals surface area contributed by atoms with Crippen LogP contribution in [0.15, 0.2) is 28.8 Å². The maximum absolute atomic E-state index is 12.9. The van der Waals surface area contributed by atoms with Gasteiger partial charge in [-0.25, -0.2) is 4.98 Å². The van der Waals surface area contributed by atoms with Crippen molar-refractivity contribution in [3.63, 3.8) is 0 Å². The van der Waals surface area contributed by atoms with E-state index < -0.39 is 36.7 Å². The Morgan fingerprint density at radius 1 is 1.27 bits per heavy atom. The topological polar surface area (TPSA) is 120 Å². The van der Waals surface area contributed by atoms with Crippen LogP contribution in [0.25, 0.3) is 0 Å². The summed E-state index contributed by atoms with van der Waals surface area (Å²) in [4.78, 5) is 18.3. The van der Waals surface area contributed by atoms with E-state index >= 15 is 0 Å². The van der Waals surface area contributed by atoms with Gasteiger partial charge in [0.15, 0.2) is 24.0 Å². The number of aliphatic hydroxyl groups is 2. The predicted molar refractivity (Wildman–Crippen MR) is 123 cm³/mol. The number of likely N-dealkylation sites (tertiary alicyclic amines) is 1. The van der Waals surface area contributed by atoms with E-state index in [9.17, 15) is 28.2 Å². The van der Waals surface area contributed by atoms with E-state index in [0.717, 1.165) is 0 Å². The minimum Gasteiger partial charge on any atom is -0.480 e. The van der Waals surface area contributed by atoms with E-state index in [4.69, 9.17) is 20.8 Å². The second-order valence-corrected chi connectivity index (χ2v) is 11.2. The summed E-state index contributed by atoms with van der Waals surface area (Å²) in [5, 5.41) is 27.7. The number of ether oxygens (including phenoxy) is 1. The number of oxazole rings is 1. The van der Waals surface area contributed by atoms with E-state index in [2.05, 4.69) is 15.6 Å². The van der Waals surface area contributed by atoms with Crippen molar-refractivity contribution in [2.75, 3.05) is 19.6 Å². The fourth-order valence-corrected chi connectivity index (χ4v) is 6.26. The van der Waals surface area contributed by atoms with Gasteiger partial charge >= 0.3 is 6.18 Å². The lowest BCUT2D eigenvalue weighted by molar-refractivity contribution is -0.157. The fourth-order valence-electron chi connectivity index (χ4n) is 6.08. The van der Waals surface area contributed by atoms with Crippen LogP contribution in [-0.4, -0.2) is 69.0 Å². The van der Waals surface area contributed by atoms with Gasteiger partial charge in [0, 0.05) is 41.2 Å². The Balaban J connectivity index is 0.980. The van der Waals surface area contributed by atoms with Gasteiger partial charge in [-0.1, -0.05) is 11.6 Å². The Morgan fingerprint density at radius 3 is 2.70 bits per heavy atom. The first kappa shape index (κ1) is 24.9. The number of carbonyl (C=O) groups is 1. The van der Waals surface area contributed by atoms with Gasteiger partial charge in [-0.3, -0.25) is 15.0 Å². The number of hydrogen-bond donors (Lipinski definition) is 4. The van der Waals surface area contributed by atoms with E-state index in [1.54, 1.807) is 18.2 Å². The van der Waals surface area contributed by atoms with Gasteiger partial charge < -0.3 is 24.7 Å². The van der Waals surface area contributed by atoms with Gasteiger partial charge in [-0.2, -0.15) is 13.2 Å². The molecule has 1 unspecified atom stereocenters. The number of aliphatic hydroxyl groups excluding tert-OH is 2. The van der Waals surface area contributed by atoms with Crippen LogP contribution < -0.4 is 15.4 Å². The van der Waals surface area contributed by atoms with Crippen molar-refractivity contribution in [3.05, 3.63) is 46.6 Å².